The minimum atomic E-state index is -2.71. The van der Waals surface area contributed by atoms with Crippen LogP contribution in [0, 0.1) is 5.41 Å². The van der Waals surface area contributed by atoms with Crippen molar-refractivity contribution in [3.63, 3.8) is 0 Å². The van der Waals surface area contributed by atoms with Gasteiger partial charge in [-0.15, -0.1) is 0 Å². The summed E-state index contributed by atoms with van der Waals surface area (Å²) in [6, 6.07) is 21.3. The lowest BCUT2D eigenvalue weighted by Gasteiger charge is -2.39. The first-order valence-electron chi connectivity index (χ1n) is 9.33. The molecule has 2 aromatic carbocycles. The third-order valence-corrected chi connectivity index (χ3v) is 8.62. The van der Waals surface area contributed by atoms with E-state index < -0.39 is 14.4 Å². The van der Waals surface area contributed by atoms with Gasteiger partial charge in [-0.3, -0.25) is 0 Å². The number of methoxy groups -OCH3 is 1. The minimum Gasteiger partial charge on any atom is -0.467 e. The Morgan fingerprint density at radius 3 is 1.85 bits per heavy atom. The molecule has 0 aliphatic rings. The van der Waals surface area contributed by atoms with Crippen molar-refractivity contribution in [2.45, 2.75) is 39.8 Å². The van der Waals surface area contributed by atoms with E-state index in [4.69, 9.17) is 9.16 Å². The van der Waals surface area contributed by atoms with Crippen LogP contribution in [-0.2, 0) is 14.0 Å². The zero-order chi connectivity index (χ0) is 19.9. The summed E-state index contributed by atoms with van der Waals surface area (Å²) in [6.45, 7) is 8.05. The van der Waals surface area contributed by atoms with Gasteiger partial charge in [0.2, 0.25) is 0 Å². The summed E-state index contributed by atoms with van der Waals surface area (Å²) >= 11 is 0. The second-order valence-corrected chi connectivity index (χ2v) is 11.2. The third kappa shape index (κ3) is 4.96. The Bertz CT molecular complexity index is 709. The van der Waals surface area contributed by atoms with Gasteiger partial charge in [0.05, 0.1) is 7.11 Å². The predicted molar refractivity (Wildman–Crippen MR) is 114 cm³/mol. The van der Waals surface area contributed by atoms with E-state index in [1.807, 2.05) is 70.2 Å². The van der Waals surface area contributed by atoms with Crippen LogP contribution in [0.1, 0.15) is 27.7 Å². The van der Waals surface area contributed by atoms with E-state index in [-0.39, 0.29) is 11.4 Å². The van der Waals surface area contributed by atoms with Crippen molar-refractivity contribution in [3.8, 4) is 0 Å². The SMILES string of the molecule is C/C=C/C[Si](OC(C(=O)OC)C(C)(C)C)(c1ccccc1)c1ccccc1. The van der Waals surface area contributed by atoms with Gasteiger partial charge in [-0.05, 0) is 28.8 Å². The molecule has 1 atom stereocenters. The quantitative estimate of drug-likeness (QED) is 0.413. The lowest BCUT2D eigenvalue weighted by atomic mass is 9.89. The van der Waals surface area contributed by atoms with E-state index in [2.05, 4.69) is 30.3 Å². The van der Waals surface area contributed by atoms with E-state index >= 15 is 0 Å². The lowest BCUT2D eigenvalue weighted by molar-refractivity contribution is -0.154. The average molecular weight is 383 g/mol. The summed E-state index contributed by atoms with van der Waals surface area (Å²) in [4.78, 5) is 12.6. The fourth-order valence-corrected chi connectivity index (χ4v) is 7.23. The molecule has 0 heterocycles. The fourth-order valence-electron chi connectivity index (χ4n) is 3.17. The monoisotopic (exact) mass is 382 g/mol. The van der Waals surface area contributed by atoms with Crippen molar-refractivity contribution in [2.24, 2.45) is 5.41 Å². The van der Waals surface area contributed by atoms with Gasteiger partial charge in [0.15, 0.2) is 0 Å². The molecule has 0 bridgehead atoms. The number of carbonyl (C=O) groups excluding carboxylic acids is 1. The number of benzene rings is 2. The van der Waals surface area contributed by atoms with Crippen molar-refractivity contribution in [2.75, 3.05) is 7.11 Å². The highest BCUT2D eigenvalue weighted by Gasteiger charge is 2.46. The van der Waals surface area contributed by atoms with Crippen LogP contribution >= 0.6 is 0 Å². The Labute approximate surface area is 164 Å². The lowest BCUT2D eigenvalue weighted by Crippen LogP contribution is -2.64. The molecule has 0 saturated carbocycles. The third-order valence-electron chi connectivity index (χ3n) is 4.64. The fraction of sp³-hybridized carbons (Fsp3) is 0.348. The Morgan fingerprint density at radius 2 is 1.48 bits per heavy atom. The molecule has 4 heteroatoms. The van der Waals surface area contributed by atoms with Crippen LogP contribution < -0.4 is 10.4 Å². The maximum atomic E-state index is 12.6. The molecule has 0 saturated heterocycles. The number of ether oxygens (including phenoxy) is 1. The van der Waals surface area contributed by atoms with Gasteiger partial charge in [-0.2, -0.15) is 0 Å². The molecule has 1 unspecified atom stereocenters. The Morgan fingerprint density at radius 1 is 1.00 bits per heavy atom. The largest absolute Gasteiger partial charge is 0.467 e. The van der Waals surface area contributed by atoms with E-state index in [1.54, 1.807) is 0 Å². The van der Waals surface area contributed by atoms with Crippen molar-refractivity contribution in [3.05, 3.63) is 72.8 Å². The molecule has 27 heavy (non-hydrogen) atoms. The Kier molecular flexibility index (Phi) is 7.16. The summed E-state index contributed by atoms with van der Waals surface area (Å²) in [6.07, 6.45) is 3.53. The molecule has 2 rings (SSSR count). The van der Waals surface area contributed by atoms with Crippen LogP contribution in [0.3, 0.4) is 0 Å². The number of hydrogen-bond acceptors (Lipinski definition) is 3. The highest BCUT2D eigenvalue weighted by atomic mass is 28.4. The first-order chi connectivity index (χ1) is 12.8. The van der Waals surface area contributed by atoms with Gasteiger partial charge in [-0.25, -0.2) is 4.79 Å². The topological polar surface area (TPSA) is 35.5 Å². The Balaban J connectivity index is 2.68. The zero-order valence-electron chi connectivity index (χ0n) is 16.9. The number of hydrogen-bond donors (Lipinski definition) is 0. The summed E-state index contributed by atoms with van der Waals surface area (Å²) < 4.78 is 11.9. The minimum absolute atomic E-state index is 0.327. The molecule has 0 aliphatic carbocycles. The Hall–Kier alpha value is -2.17. The van der Waals surface area contributed by atoms with Crippen molar-refractivity contribution >= 4 is 24.7 Å². The summed E-state index contributed by atoms with van der Waals surface area (Å²) in [5, 5.41) is 2.29. The first-order valence-corrected chi connectivity index (χ1v) is 11.4. The highest BCUT2D eigenvalue weighted by molar-refractivity contribution is 6.97. The van der Waals surface area contributed by atoms with Crippen LogP contribution in [0.25, 0.3) is 0 Å². The molecular formula is C23H30O3Si. The average Bonchev–Trinajstić information content (AvgIpc) is 2.68. The molecule has 0 amide bonds. The number of rotatable bonds is 7. The number of carbonyl (C=O) groups is 1. The van der Waals surface area contributed by atoms with Gasteiger partial charge >= 0.3 is 5.97 Å². The number of allylic oxidation sites excluding steroid dienone is 2. The zero-order valence-corrected chi connectivity index (χ0v) is 17.9. The van der Waals surface area contributed by atoms with E-state index in [0.717, 1.165) is 16.4 Å². The molecule has 3 nitrogen and oxygen atoms in total. The molecule has 144 valence electrons. The van der Waals surface area contributed by atoms with Crippen molar-refractivity contribution < 1.29 is 14.0 Å². The molecule has 0 radical (unpaired) electrons. The second kappa shape index (κ2) is 9.15. The van der Waals surface area contributed by atoms with Crippen LogP contribution in [0.5, 0.6) is 0 Å². The molecule has 0 spiro atoms. The maximum absolute atomic E-state index is 12.6. The maximum Gasteiger partial charge on any atom is 0.334 e. The van der Waals surface area contributed by atoms with Gasteiger partial charge in [-0.1, -0.05) is 93.6 Å². The van der Waals surface area contributed by atoms with Gasteiger partial charge in [0.25, 0.3) is 8.32 Å². The predicted octanol–water partition coefficient (Wildman–Crippen LogP) is 3.93. The van der Waals surface area contributed by atoms with Crippen molar-refractivity contribution in [1.82, 2.24) is 0 Å². The van der Waals surface area contributed by atoms with E-state index in [1.165, 1.54) is 7.11 Å². The molecule has 0 aliphatic heterocycles. The van der Waals surface area contributed by atoms with Crippen LogP contribution in [0.2, 0.25) is 6.04 Å². The summed E-state index contributed by atoms with van der Waals surface area (Å²) in [5.74, 6) is -0.327. The summed E-state index contributed by atoms with van der Waals surface area (Å²) in [7, 11) is -1.29. The number of esters is 1. The van der Waals surface area contributed by atoms with Gasteiger partial charge in [0.1, 0.15) is 6.10 Å². The van der Waals surface area contributed by atoms with E-state index in [0.29, 0.717) is 0 Å². The van der Waals surface area contributed by atoms with Crippen LogP contribution in [0.15, 0.2) is 72.8 Å². The van der Waals surface area contributed by atoms with E-state index in [9.17, 15) is 4.79 Å². The highest BCUT2D eigenvalue weighted by Crippen LogP contribution is 2.28. The molecular weight excluding hydrogens is 352 g/mol. The first kappa shape index (κ1) is 21.1. The van der Waals surface area contributed by atoms with Crippen molar-refractivity contribution in [1.29, 1.82) is 0 Å². The van der Waals surface area contributed by atoms with Crippen LogP contribution in [-0.4, -0.2) is 27.5 Å². The second-order valence-electron chi connectivity index (χ2n) is 7.72. The summed E-state index contributed by atoms with van der Waals surface area (Å²) in [5.41, 5.74) is -0.384. The normalized spacial score (nSPS) is 13.5. The molecule has 0 N–H and O–H groups in total. The van der Waals surface area contributed by atoms with Gasteiger partial charge < -0.3 is 9.16 Å². The van der Waals surface area contributed by atoms with Gasteiger partial charge in [0, 0.05) is 0 Å². The molecule has 2 aromatic rings. The molecule has 0 aromatic heterocycles. The molecule has 0 fully saturated rings. The smallest absolute Gasteiger partial charge is 0.334 e. The standard InChI is InChI=1S/C23H30O3Si/c1-6-7-18-27(19-14-10-8-11-15-19,20-16-12-9-13-17-20)26-21(22(24)25-5)23(2,3)4/h6-17,21H,18H2,1-5H3/b7-6+. The van der Waals surface area contributed by atoms with Crippen LogP contribution in [0.4, 0.5) is 0 Å².